The first-order valence-electron chi connectivity index (χ1n) is 13.0. The summed E-state index contributed by atoms with van der Waals surface area (Å²) >= 11 is 0. The molecule has 1 N–H and O–H groups in total. The van der Waals surface area contributed by atoms with Crippen molar-refractivity contribution in [3.63, 3.8) is 0 Å². The monoisotopic (exact) mass is 448 g/mol. The molecule has 32 heavy (non-hydrogen) atoms. The van der Waals surface area contributed by atoms with E-state index in [1.807, 2.05) is 6.92 Å². The van der Waals surface area contributed by atoms with Gasteiger partial charge in [0.1, 0.15) is 6.10 Å². The third kappa shape index (κ3) is 22.8. The number of hydrogen-bond acceptors (Lipinski definition) is 3. The quantitative estimate of drug-likeness (QED) is 0.103. The van der Waals surface area contributed by atoms with Gasteiger partial charge in [0.2, 0.25) is 0 Å². The molecule has 0 radical (unpaired) electrons. The Morgan fingerprint density at radius 2 is 1.25 bits per heavy atom. The van der Waals surface area contributed by atoms with Crippen molar-refractivity contribution in [2.24, 2.45) is 0 Å². The second-order valence-corrected chi connectivity index (χ2v) is 8.54. The van der Waals surface area contributed by atoms with Gasteiger partial charge in [-0.2, -0.15) is 0 Å². The lowest BCUT2D eigenvalue weighted by atomic mass is 10.1. The highest BCUT2D eigenvalue weighted by atomic mass is 16.5. The van der Waals surface area contributed by atoms with E-state index < -0.39 is 12.1 Å². The van der Waals surface area contributed by atoms with Crippen molar-refractivity contribution in [2.75, 3.05) is 0 Å². The van der Waals surface area contributed by atoms with Crippen LogP contribution >= 0.6 is 0 Å². The number of esters is 1. The van der Waals surface area contributed by atoms with Gasteiger partial charge < -0.3 is 9.84 Å². The lowest BCUT2D eigenvalue weighted by Crippen LogP contribution is -2.21. The van der Waals surface area contributed by atoms with Crippen molar-refractivity contribution in [3.05, 3.63) is 36.5 Å². The highest BCUT2D eigenvalue weighted by molar-refractivity contribution is 5.71. The largest absolute Gasteiger partial charge is 0.481 e. The minimum Gasteiger partial charge on any atom is -0.481 e. The molecule has 0 aromatic carbocycles. The second-order valence-electron chi connectivity index (χ2n) is 8.54. The fraction of sp³-hybridized carbons (Fsp3) is 0.714. The number of hydrogen-bond donors (Lipinski definition) is 1. The van der Waals surface area contributed by atoms with Gasteiger partial charge >= 0.3 is 11.9 Å². The van der Waals surface area contributed by atoms with Gasteiger partial charge in [-0.25, -0.2) is 0 Å². The molecule has 4 nitrogen and oxygen atoms in total. The number of unbranched alkanes of at least 4 members (excludes halogenated alkanes) is 9. The predicted molar refractivity (Wildman–Crippen MR) is 135 cm³/mol. The smallest absolute Gasteiger partial charge is 0.307 e. The number of aliphatic carboxylic acids is 1. The van der Waals surface area contributed by atoms with E-state index in [4.69, 9.17) is 9.84 Å². The van der Waals surface area contributed by atoms with Crippen LogP contribution in [0, 0.1) is 0 Å². The van der Waals surface area contributed by atoms with E-state index in [0.717, 1.165) is 44.9 Å². The maximum atomic E-state index is 11.9. The Balaban J connectivity index is 3.52. The average Bonchev–Trinajstić information content (AvgIpc) is 2.75. The predicted octanol–water partition coefficient (Wildman–Crippen LogP) is 8.32. The summed E-state index contributed by atoms with van der Waals surface area (Å²) < 4.78 is 5.30. The summed E-state index contributed by atoms with van der Waals surface area (Å²) in [6.45, 7) is 4.20. The third-order valence-electron chi connectivity index (χ3n) is 5.33. The molecule has 0 aliphatic heterocycles. The molecule has 0 aliphatic rings. The van der Waals surface area contributed by atoms with E-state index in [0.29, 0.717) is 12.8 Å². The van der Waals surface area contributed by atoms with E-state index in [-0.39, 0.29) is 12.4 Å². The van der Waals surface area contributed by atoms with Crippen LogP contribution in [-0.4, -0.2) is 23.1 Å². The average molecular weight is 449 g/mol. The number of carboxylic acid groups (broad SMARTS) is 1. The fourth-order valence-corrected chi connectivity index (χ4v) is 3.49. The highest BCUT2D eigenvalue weighted by Gasteiger charge is 2.16. The Kier molecular flexibility index (Phi) is 22.4. The maximum Gasteiger partial charge on any atom is 0.307 e. The number of rotatable bonds is 22. The van der Waals surface area contributed by atoms with E-state index in [1.165, 1.54) is 44.9 Å². The number of carbonyl (C=O) groups excluding carboxylic acids is 1. The molecule has 0 saturated heterocycles. The first kappa shape index (κ1) is 30.2. The molecular weight excluding hydrogens is 400 g/mol. The van der Waals surface area contributed by atoms with Crippen molar-refractivity contribution in [1.29, 1.82) is 0 Å². The van der Waals surface area contributed by atoms with E-state index in [9.17, 15) is 9.59 Å². The zero-order valence-corrected chi connectivity index (χ0v) is 20.7. The molecule has 1 atom stereocenters. The van der Waals surface area contributed by atoms with Gasteiger partial charge in [-0.1, -0.05) is 95.2 Å². The minimum absolute atomic E-state index is 0.0964. The SMILES string of the molecule is CCCCC/C=C\C/C=C\C/C=C\CCCCCCCCC(=O)OC(CCC)CC(=O)O. The van der Waals surface area contributed by atoms with Crippen LogP contribution in [0.15, 0.2) is 36.5 Å². The van der Waals surface area contributed by atoms with Crippen molar-refractivity contribution < 1.29 is 19.4 Å². The van der Waals surface area contributed by atoms with Crippen molar-refractivity contribution in [1.82, 2.24) is 0 Å². The number of allylic oxidation sites excluding steroid dienone is 6. The molecule has 0 amide bonds. The van der Waals surface area contributed by atoms with Gasteiger partial charge in [0, 0.05) is 6.42 Å². The first-order valence-corrected chi connectivity index (χ1v) is 13.0. The van der Waals surface area contributed by atoms with Crippen molar-refractivity contribution in [3.8, 4) is 0 Å². The van der Waals surface area contributed by atoms with Crippen molar-refractivity contribution in [2.45, 2.75) is 129 Å². The van der Waals surface area contributed by atoms with E-state index >= 15 is 0 Å². The summed E-state index contributed by atoms with van der Waals surface area (Å²) in [6.07, 6.45) is 29.8. The molecule has 0 aromatic heterocycles. The molecule has 0 aromatic rings. The summed E-state index contributed by atoms with van der Waals surface area (Å²) in [6, 6.07) is 0. The summed E-state index contributed by atoms with van der Waals surface area (Å²) in [7, 11) is 0. The standard InChI is InChI=1S/C28H48O4/c1-3-5-6-7-8-9-10-11-12-13-14-15-16-17-18-19-20-21-22-24-28(31)32-26(23-4-2)25-27(29)30/h8-9,11-12,14-15,26H,3-7,10,13,16-25H2,1-2H3,(H,29,30)/b9-8-,12-11-,15-14-. The summed E-state index contributed by atoms with van der Waals surface area (Å²) in [5.41, 5.74) is 0. The van der Waals surface area contributed by atoms with Gasteiger partial charge in [0.25, 0.3) is 0 Å². The molecule has 0 saturated carbocycles. The summed E-state index contributed by atoms with van der Waals surface area (Å²) in [4.78, 5) is 22.7. The van der Waals surface area contributed by atoms with Crippen LogP contribution in [0.25, 0.3) is 0 Å². The number of carboxylic acids is 1. The van der Waals surface area contributed by atoms with Crippen LogP contribution in [0.5, 0.6) is 0 Å². The van der Waals surface area contributed by atoms with Gasteiger partial charge in [-0.05, 0) is 51.4 Å². The van der Waals surface area contributed by atoms with Gasteiger partial charge in [0.15, 0.2) is 0 Å². The van der Waals surface area contributed by atoms with Crippen LogP contribution in [0.3, 0.4) is 0 Å². The van der Waals surface area contributed by atoms with Crippen LogP contribution in [0.4, 0.5) is 0 Å². The molecule has 0 aliphatic carbocycles. The topological polar surface area (TPSA) is 63.6 Å². The molecule has 4 heteroatoms. The van der Waals surface area contributed by atoms with Crippen LogP contribution in [0.2, 0.25) is 0 Å². The number of carbonyl (C=O) groups is 2. The molecule has 1 unspecified atom stereocenters. The molecule has 0 spiro atoms. The van der Waals surface area contributed by atoms with Crippen LogP contribution in [-0.2, 0) is 14.3 Å². The van der Waals surface area contributed by atoms with Crippen LogP contribution < -0.4 is 0 Å². The highest BCUT2D eigenvalue weighted by Crippen LogP contribution is 2.12. The zero-order chi connectivity index (χ0) is 23.7. The molecule has 0 bridgehead atoms. The fourth-order valence-electron chi connectivity index (χ4n) is 3.49. The Morgan fingerprint density at radius 3 is 1.81 bits per heavy atom. The normalized spacial score (nSPS) is 12.8. The summed E-state index contributed by atoms with van der Waals surface area (Å²) in [5, 5.41) is 8.87. The molecule has 0 rings (SSSR count). The van der Waals surface area contributed by atoms with Gasteiger partial charge in [-0.15, -0.1) is 0 Å². The third-order valence-corrected chi connectivity index (χ3v) is 5.33. The Bertz CT molecular complexity index is 534. The molecule has 184 valence electrons. The maximum absolute atomic E-state index is 11.9. The lowest BCUT2D eigenvalue weighted by molar-refractivity contribution is -0.153. The molecule has 0 heterocycles. The Labute approximate surface area is 197 Å². The summed E-state index contributed by atoms with van der Waals surface area (Å²) in [5.74, 6) is -1.17. The number of ether oxygens (including phenoxy) is 1. The molecule has 0 fully saturated rings. The molecular formula is C28H48O4. The van der Waals surface area contributed by atoms with E-state index in [1.54, 1.807) is 0 Å². The minimum atomic E-state index is -0.913. The zero-order valence-electron chi connectivity index (χ0n) is 20.7. The van der Waals surface area contributed by atoms with Crippen molar-refractivity contribution >= 4 is 11.9 Å². The second kappa shape index (κ2) is 23.8. The van der Waals surface area contributed by atoms with Crippen LogP contribution in [0.1, 0.15) is 123 Å². The first-order chi connectivity index (χ1) is 15.6. The Morgan fingerprint density at radius 1 is 0.719 bits per heavy atom. The lowest BCUT2D eigenvalue weighted by Gasteiger charge is -2.15. The van der Waals surface area contributed by atoms with Gasteiger partial charge in [0.05, 0.1) is 6.42 Å². The van der Waals surface area contributed by atoms with E-state index in [2.05, 4.69) is 43.4 Å². The Hall–Kier alpha value is -1.84. The van der Waals surface area contributed by atoms with Gasteiger partial charge in [-0.3, -0.25) is 9.59 Å².